The normalized spacial score (nSPS) is 14.6. The lowest BCUT2D eigenvalue weighted by atomic mass is 9.94. The van der Waals surface area contributed by atoms with Crippen molar-refractivity contribution >= 4 is 50.0 Å². The molecule has 0 spiro atoms. The third kappa shape index (κ3) is 4.61. The van der Waals surface area contributed by atoms with Crippen LogP contribution in [0.15, 0.2) is 60.7 Å². The summed E-state index contributed by atoms with van der Waals surface area (Å²) in [4.78, 5) is 26.4. The first kappa shape index (κ1) is 26.0. The Morgan fingerprint density at radius 3 is 2.42 bits per heavy atom. The van der Waals surface area contributed by atoms with Gasteiger partial charge in [0.25, 0.3) is 0 Å². The smallest absolute Gasteiger partial charge is 0.413 e. The van der Waals surface area contributed by atoms with Crippen LogP contribution in [0.5, 0.6) is 5.75 Å². The van der Waals surface area contributed by atoms with E-state index >= 15 is 0 Å². The van der Waals surface area contributed by atoms with E-state index < -0.39 is 23.6 Å². The minimum atomic E-state index is -0.789. The van der Waals surface area contributed by atoms with Gasteiger partial charge in [0, 0.05) is 26.9 Å². The molecule has 11 heteroatoms. The lowest BCUT2D eigenvalue weighted by Crippen LogP contribution is -2.19. The van der Waals surface area contributed by atoms with E-state index in [9.17, 15) is 14.7 Å². The average molecular weight is 575 g/mol. The second-order valence-corrected chi connectivity index (χ2v) is 11.9. The van der Waals surface area contributed by atoms with Crippen molar-refractivity contribution in [2.45, 2.75) is 31.3 Å². The molecule has 5 aromatic rings. The van der Waals surface area contributed by atoms with Crippen molar-refractivity contribution in [1.29, 1.82) is 0 Å². The van der Waals surface area contributed by atoms with Crippen molar-refractivity contribution in [3.8, 4) is 26.8 Å². The van der Waals surface area contributed by atoms with E-state index in [4.69, 9.17) is 9.47 Å². The quantitative estimate of drug-likeness (QED) is 0.208. The van der Waals surface area contributed by atoms with Crippen molar-refractivity contribution < 1.29 is 24.2 Å². The summed E-state index contributed by atoms with van der Waals surface area (Å²) in [6.07, 6.45) is 0.285. The highest BCUT2D eigenvalue weighted by Gasteiger charge is 2.52. The molecule has 0 unspecified atom stereocenters. The molecular weight excluding hydrogens is 548 g/mol. The number of carboxylic acid groups (broad SMARTS) is 1. The zero-order valence-electron chi connectivity index (χ0n) is 22.0. The van der Waals surface area contributed by atoms with Crippen LogP contribution in [0.1, 0.15) is 37.0 Å². The number of anilines is 1. The van der Waals surface area contributed by atoms with Gasteiger partial charge in [-0.05, 0) is 55.2 Å². The molecule has 3 heterocycles. The standard InChI is InChI=1S/C29H26N4O5S2/c1-16(17-7-5-4-6-8-17)38-28(36)30-26-25(31-32-33(26)2)24-15-23-22(40-24)14-21(39-23)19-10-9-18(13-20(19)37-3)29(11-12-29)27(34)35/h4-10,13-16H,11-12H2,1-3H3,(H,30,36)(H,34,35)/t16-/m1/s1. The lowest BCUT2D eigenvalue weighted by Gasteiger charge is -2.14. The second-order valence-electron chi connectivity index (χ2n) is 9.75. The molecule has 0 bridgehead atoms. The number of aromatic nitrogens is 3. The van der Waals surface area contributed by atoms with Crippen molar-refractivity contribution in [2.75, 3.05) is 12.4 Å². The summed E-state index contributed by atoms with van der Waals surface area (Å²) < 4.78 is 14.9. The van der Waals surface area contributed by atoms with Crippen molar-refractivity contribution in [3.63, 3.8) is 0 Å². The van der Waals surface area contributed by atoms with E-state index in [-0.39, 0.29) is 0 Å². The maximum Gasteiger partial charge on any atom is 0.413 e. The number of benzene rings is 2. The first-order valence-corrected chi connectivity index (χ1v) is 14.3. The Bertz CT molecular complexity index is 1700. The van der Waals surface area contributed by atoms with E-state index in [0.717, 1.165) is 35.8 Å². The number of rotatable bonds is 8. The Morgan fingerprint density at radius 2 is 1.75 bits per heavy atom. The molecule has 1 saturated carbocycles. The minimum absolute atomic E-state index is 0.415. The van der Waals surface area contributed by atoms with Gasteiger partial charge in [-0.1, -0.05) is 41.6 Å². The third-order valence-electron chi connectivity index (χ3n) is 7.22. The molecule has 1 aliphatic carbocycles. The Hall–Kier alpha value is -4.22. The molecule has 0 aliphatic heterocycles. The van der Waals surface area contributed by atoms with E-state index in [0.29, 0.717) is 30.1 Å². The zero-order chi connectivity index (χ0) is 28.0. The third-order valence-corrected chi connectivity index (χ3v) is 9.55. The maximum atomic E-state index is 12.7. The molecule has 1 fully saturated rings. The molecule has 1 amide bonds. The molecular formula is C29H26N4O5S2. The molecule has 204 valence electrons. The number of carboxylic acids is 1. The topological polar surface area (TPSA) is 116 Å². The monoisotopic (exact) mass is 574 g/mol. The number of nitrogens with one attached hydrogen (secondary N) is 1. The number of thiophene rings is 2. The molecule has 0 saturated heterocycles. The predicted molar refractivity (Wildman–Crippen MR) is 155 cm³/mol. The SMILES string of the molecule is COc1cc(C2(C(=O)O)CC2)ccc1-c1cc2sc(-c3nnn(C)c3NC(=O)O[C@H](C)c3ccccc3)cc2s1. The van der Waals surface area contributed by atoms with Gasteiger partial charge in [-0.3, -0.25) is 10.1 Å². The van der Waals surface area contributed by atoms with Crippen LogP contribution in [-0.4, -0.2) is 39.3 Å². The van der Waals surface area contributed by atoms with Gasteiger partial charge in [-0.15, -0.1) is 27.8 Å². The number of hydrogen-bond acceptors (Lipinski definition) is 8. The Balaban J connectivity index is 1.24. The number of carbonyl (C=O) groups is 2. The number of ether oxygens (including phenoxy) is 2. The summed E-state index contributed by atoms with van der Waals surface area (Å²) in [5.74, 6) is 0.315. The van der Waals surface area contributed by atoms with Crippen LogP contribution in [0, 0.1) is 0 Å². The van der Waals surface area contributed by atoms with Crippen LogP contribution in [-0.2, 0) is 22.0 Å². The van der Waals surface area contributed by atoms with Crippen LogP contribution in [0.2, 0.25) is 0 Å². The minimum Gasteiger partial charge on any atom is -0.496 e. The summed E-state index contributed by atoms with van der Waals surface area (Å²) in [5, 5.41) is 20.9. The Labute approximate surface area is 238 Å². The Morgan fingerprint density at radius 1 is 1.05 bits per heavy atom. The van der Waals surface area contributed by atoms with E-state index in [2.05, 4.69) is 21.7 Å². The molecule has 0 radical (unpaired) electrons. The van der Waals surface area contributed by atoms with Crippen molar-refractivity contribution in [1.82, 2.24) is 15.0 Å². The van der Waals surface area contributed by atoms with Gasteiger partial charge >= 0.3 is 12.1 Å². The van der Waals surface area contributed by atoms with Gasteiger partial charge in [-0.2, -0.15) is 0 Å². The number of amides is 1. The fraction of sp³-hybridized carbons (Fsp3) is 0.241. The number of carbonyl (C=O) groups excluding carboxylic acids is 1. The number of aliphatic carboxylic acids is 1. The van der Waals surface area contributed by atoms with Crippen LogP contribution in [0.4, 0.5) is 10.6 Å². The number of aryl methyl sites for hydroxylation is 1. The van der Waals surface area contributed by atoms with E-state index in [1.807, 2.05) is 61.5 Å². The molecule has 1 atom stereocenters. The van der Waals surface area contributed by atoms with Gasteiger partial charge in [-0.25, -0.2) is 9.48 Å². The van der Waals surface area contributed by atoms with Crippen LogP contribution in [0.3, 0.4) is 0 Å². The summed E-state index contributed by atoms with van der Waals surface area (Å²) >= 11 is 3.16. The Kier molecular flexibility index (Phi) is 6.55. The fourth-order valence-corrected chi connectivity index (χ4v) is 7.18. The van der Waals surface area contributed by atoms with Gasteiger partial charge in [0.2, 0.25) is 0 Å². The number of methoxy groups -OCH3 is 1. The number of nitrogens with zero attached hydrogens (tertiary/aromatic N) is 3. The van der Waals surface area contributed by atoms with E-state index in [1.54, 1.807) is 36.8 Å². The molecule has 40 heavy (non-hydrogen) atoms. The van der Waals surface area contributed by atoms with Crippen molar-refractivity contribution in [2.24, 2.45) is 7.05 Å². The number of fused-ring (bicyclic) bond motifs is 1. The maximum absolute atomic E-state index is 12.7. The van der Waals surface area contributed by atoms with Crippen LogP contribution < -0.4 is 10.1 Å². The molecule has 1 aliphatic rings. The van der Waals surface area contributed by atoms with Gasteiger partial charge in [0.05, 0.1) is 17.4 Å². The first-order valence-electron chi connectivity index (χ1n) is 12.7. The largest absolute Gasteiger partial charge is 0.496 e. The molecule has 9 nitrogen and oxygen atoms in total. The van der Waals surface area contributed by atoms with Gasteiger partial charge in [0.15, 0.2) is 5.82 Å². The van der Waals surface area contributed by atoms with E-state index in [1.165, 1.54) is 4.68 Å². The van der Waals surface area contributed by atoms with Crippen molar-refractivity contribution in [3.05, 3.63) is 71.8 Å². The van der Waals surface area contributed by atoms with Crippen LogP contribution >= 0.6 is 22.7 Å². The predicted octanol–water partition coefficient (Wildman–Crippen LogP) is 6.86. The van der Waals surface area contributed by atoms with Crippen LogP contribution in [0.25, 0.3) is 30.4 Å². The zero-order valence-corrected chi connectivity index (χ0v) is 23.6. The summed E-state index contributed by atoms with van der Waals surface area (Å²) in [6, 6.07) is 19.3. The lowest BCUT2D eigenvalue weighted by molar-refractivity contribution is -0.140. The average Bonchev–Trinajstić information content (AvgIpc) is 3.38. The first-order chi connectivity index (χ1) is 19.3. The summed E-state index contributed by atoms with van der Waals surface area (Å²) in [5.41, 5.74) is 2.37. The highest BCUT2D eigenvalue weighted by molar-refractivity contribution is 7.31. The fourth-order valence-electron chi connectivity index (χ4n) is 4.77. The van der Waals surface area contributed by atoms with Gasteiger partial charge in [0.1, 0.15) is 17.5 Å². The molecule has 2 aromatic carbocycles. The molecule has 2 N–H and O–H groups in total. The second kappa shape index (κ2) is 10.1. The summed E-state index contributed by atoms with van der Waals surface area (Å²) in [6.45, 7) is 1.82. The molecule has 3 aromatic heterocycles. The highest BCUT2D eigenvalue weighted by Crippen LogP contribution is 2.51. The van der Waals surface area contributed by atoms with Gasteiger partial charge < -0.3 is 14.6 Å². The molecule has 6 rings (SSSR count). The number of hydrogen-bond donors (Lipinski definition) is 2. The highest BCUT2D eigenvalue weighted by atomic mass is 32.1. The summed E-state index contributed by atoms with van der Waals surface area (Å²) in [7, 11) is 3.32.